The Hall–Kier alpha value is -2.35. The van der Waals surface area contributed by atoms with Gasteiger partial charge in [-0.25, -0.2) is 0 Å². The molecule has 3 N–H and O–H groups in total. The molecule has 3 rings (SSSR count). The third-order valence-electron chi connectivity index (χ3n) is 4.41. The van der Waals surface area contributed by atoms with Crippen molar-refractivity contribution in [3.8, 4) is 0 Å². The van der Waals surface area contributed by atoms with E-state index in [-0.39, 0.29) is 5.91 Å². The van der Waals surface area contributed by atoms with Crippen LogP contribution < -0.4 is 10.6 Å². The molecule has 23 heavy (non-hydrogen) atoms. The predicted molar refractivity (Wildman–Crippen MR) is 86.7 cm³/mol. The fraction of sp³-hybridized carbons (Fsp3) is 0.533. The summed E-state index contributed by atoms with van der Waals surface area (Å²) in [6.45, 7) is 2.54. The number of piperidine rings is 1. The Labute approximate surface area is 135 Å². The summed E-state index contributed by atoms with van der Waals surface area (Å²) in [5, 5.41) is 17.3. The molecule has 1 fully saturated rings. The van der Waals surface area contributed by atoms with Crippen molar-refractivity contribution >= 4 is 11.7 Å². The predicted octanol–water partition coefficient (Wildman–Crippen LogP) is 0.336. The van der Waals surface area contributed by atoms with Gasteiger partial charge in [-0.2, -0.15) is 10.2 Å². The Morgan fingerprint density at radius 2 is 2.22 bits per heavy atom. The molecule has 1 aliphatic heterocycles. The summed E-state index contributed by atoms with van der Waals surface area (Å²) in [6.07, 6.45) is 7.09. The minimum atomic E-state index is -0.601. The number of H-pyrrole nitrogens is 1. The molecule has 0 aliphatic carbocycles. The normalized spacial score (nSPS) is 17.8. The molecule has 0 bridgehead atoms. The van der Waals surface area contributed by atoms with E-state index in [4.69, 9.17) is 0 Å². The van der Waals surface area contributed by atoms with Crippen molar-refractivity contribution in [1.82, 2.24) is 30.2 Å². The third kappa shape index (κ3) is 3.37. The van der Waals surface area contributed by atoms with Crippen molar-refractivity contribution in [2.24, 2.45) is 7.05 Å². The highest BCUT2D eigenvalue weighted by Crippen LogP contribution is 2.27. The number of likely N-dealkylation sites (N-methyl/N-ethyl adjacent to an activating group) is 1. The van der Waals surface area contributed by atoms with Gasteiger partial charge in [-0.05, 0) is 12.8 Å². The molecule has 2 aromatic heterocycles. The molecule has 1 aliphatic rings. The van der Waals surface area contributed by atoms with Crippen LogP contribution in [0.4, 0.5) is 5.82 Å². The van der Waals surface area contributed by atoms with Gasteiger partial charge in [-0.15, -0.1) is 0 Å². The van der Waals surface area contributed by atoms with Gasteiger partial charge < -0.3 is 10.6 Å². The Bertz CT molecular complexity index is 641. The molecule has 1 amide bonds. The maximum atomic E-state index is 12.5. The average Bonchev–Trinajstić information content (AvgIpc) is 3.20. The first-order valence-electron chi connectivity index (χ1n) is 7.81. The summed E-state index contributed by atoms with van der Waals surface area (Å²) >= 11 is 0. The van der Waals surface area contributed by atoms with E-state index in [1.807, 2.05) is 31.7 Å². The largest absolute Gasteiger partial charge is 0.357 e. The van der Waals surface area contributed by atoms with Crippen LogP contribution in [0.1, 0.15) is 18.4 Å². The number of rotatable bonds is 5. The summed E-state index contributed by atoms with van der Waals surface area (Å²) in [5.74, 6) is 0.755. The van der Waals surface area contributed by atoms with Crippen LogP contribution in [0.25, 0.3) is 0 Å². The highest BCUT2D eigenvalue weighted by atomic mass is 16.2. The molecule has 1 saturated heterocycles. The van der Waals surface area contributed by atoms with E-state index in [1.165, 1.54) is 0 Å². The first-order chi connectivity index (χ1) is 11.1. The standard InChI is InChI=1S/C15H23N7O/c1-16-14(23)15(19-13-3-6-21(2)20-13)4-7-22(8-5-15)11-12-9-17-18-10-12/h3,6,9-10H,4-5,7-8,11H2,1-2H3,(H,16,23)(H,17,18)(H,19,20). The van der Waals surface area contributed by atoms with Crippen molar-refractivity contribution in [1.29, 1.82) is 0 Å². The van der Waals surface area contributed by atoms with Crippen LogP contribution in [0.3, 0.4) is 0 Å². The molecule has 0 spiro atoms. The van der Waals surface area contributed by atoms with E-state index >= 15 is 0 Å². The number of aromatic nitrogens is 4. The molecule has 0 aromatic carbocycles. The van der Waals surface area contributed by atoms with Gasteiger partial charge in [0.15, 0.2) is 0 Å². The second-order valence-electron chi connectivity index (χ2n) is 6.04. The third-order valence-corrected chi connectivity index (χ3v) is 4.41. The van der Waals surface area contributed by atoms with Gasteiger partial charge in [-0.1, -0.05) is 0 Å². The van der Waals surface area contributed by atoms with E-state index in [9.17, 15) is 4.79 Å². The van der Waals surface area contributed by atoms with Crippen LogP contribution in [0.2, 0.25) is 0 Å². The maximum absolute atomic E-state index is 12.5. The molecule has 8 heteroatoms. The van der Waals surface area contributed by atoms with Gasteiger partial charge in [0.05, 0.1) is 6.20 Å². The quantitative estimate of drug-likeness (QED) is 0.739. The smallest absolute Gasteiger partial charge is 0.245 e. The lowest BCUT2D eigenvalue weighted by molar-refractivity contribution is -0.126. The van der Waals surface area contributed by atoms with Gasteiger partial charge in [0.25, 0.3) is 0 Å². The number of amides is 1. The highest BCUT2D eigenvalue weighted by molar-refractivity contribution is 5.89. The summed E-state index contributed by atoms with van der Waals surface area (Å²) in [6, 6.07) is 1.89. The lowest BCUT2D eigenvalue weighted by atomic mass is 9.86. The topological polar surface area (TPSA) is 90.9 Å². The minimum absolute atomic E-state index is 0.0196. The van der Waals surface area contributed by atoms with Crippen LogP contribution in [0.15, 0.2) is 24.7 Å². The van der Waals surface area contributed by atoms with Crippen LogP contribution in [0.5, 0.6) is 0 Å². The van der Waals surface area contributed by atoms with Gasteiger partial charge in [0.1, 0.15) is 11.4 Å². The SMILES string of the molecule is CNC(=O)C1(Nc2ccn(C)n2)CCN(Cc2cn[nH]c2)CC1. The molecule has 8 nitrogen and oxygen atoms in total. The van der Waals surface area contributed by atoms with Crippen molar-refractivity contribution in [2.75, 3.05) is 25.5 Å². The van der Waals surface area contributed by atoms with E-state index in [2.05, 4.69) is 30.8 Å². The Balaban J connectivity index is 1.68. The first-order valence-corrected chi connectivity index (χ1v) is 7.81. The molecular formula is C15H23N7O. The van der Waals surface area contributed by atoms with Gasteiger partial charge in [-0.3, -0.25) is 19.5 Å². The number of hydrogen-bond donors (Lipinski definition) is 3. The molecule has 0 atom stereocenters. The number of aryl methyl sites for hydroxylation is 1. The highest BCUT2D eigenvalue weighted by Gasteiger charge is 2.41. The van der Waals surface area contributed by atoms with Gasteiger partial charge in [0.2, 0.25) is 5.91 Å². The second-order valence-corrected chi connectivity index (χ2v) is 6.04. The van der Waals surface area contributed by atoms with E-state index in [0.29, 0.717) is 0 Å². The number of hydrogen-bond acceptors (Lipinski definition) is 5. The zero-order chi connectivity index (χ0) is 16.3. The number of likely N-dealkylation sites (tertiary alicyclic amines) is 1. The Morgan fingerprint density at radius 3 is 2.78 bits per heavy atom. The number of anilines is 1. The van der Waals surface area contributed by atoms with Gasteiger partial charge in [0, 0.05) is 57.8 Å². The van der Waals surface area contributed by atoms with Crippen molar-refractivity contribution in [3.05, 3.63) is 30.2 Å². The number of carbonyl (C=O) groups is 1. The molecule has 0 saturated carbocycles. The van der Waals surface area contributed by atoms with Crippen LogP contribution in [0, 0.1) is 0 Å². The monoisotopic (exact) mass is 317 g/mol. The van der Waals surface area contributed by atoms with E-state index in [1.54, 1.807) is 11.7 Å². The minimum Gasteiger partial charge on any atom is -0.357 e. The Kier molecular flexibility index (Phi) is 4.33. The maximum Gasteiger partial charge on any atom is 0.245 e. The van der Waals surface area contributed by atoms with E-state index in [0.717, 1.165) is 43.9 Å². The fourth-order valence-electron chi connectivity index (χ4n) is 3.09. The molecule has 2 aromatic rings. The number of nitrogens with one attached hydrogen (secondary N) is 3. The molecule has 3 heterocycles. The summed E-state index contributed by atoms with van der Waals surface area (Å²) in [7, 11) is 3.55. The molecule has 0 unspecified atom stereocenters. The number of aromatic amines is 1. The van der Waals surface area contributed by atoms with Crippen molar-refractivity contribution < 1.29 is 4.79 Å². The average molecular weight is 317 g/mol. The number of nitrogens with zero attached hydrogens (tertiary/aromatic N) is 4. The van der Waals surface area contributed by atoms with Crippen molar-refractivity contribution in [3.63, 3.8) is 0 Å². The summed E-state index contributed by atoms with van der Waals surface area (Å²) in [4.78, 5) is 14.8. The molecular weight excluding hydrogens is 294 g/mol. The first kappa shape index (κ1) is 15.5. The van der Waals surface area contributed by atoms with Gasteiger partial charge >= 0.3 is 0 Å². The second kappa shape index (κ2) is 6.41. The van der Waals surface area contributed by atoms with Crippen LogP contribution in [-0.4, -0.2) is 56.5 Å². The summed E-state index contributed by atoms with van der Waals surface area (Å²) in [5.41, 5.74) is 0.561. The zero-order valence-electron chi connectivity index (χ0n) is 13.5. The summed E-state index contributed by atoms with van der Waals surface area (Å²) < 4.78 is 1.73. The number of carbonyl (C=O) groups excluding carboxylic acids is 1. The molecule has 124 valence electrons. The van der Waals surface area contributed by atoms with Crippen LogP contribution >= 0.6 is 0 Å². The zero-order valence-corrected chi connectivity index (χ0v) is 13.5. The lowest BCUT2D eigenvalue weighted by Gasteiger charge is -2.40. The van der Waals surface area contributed by atoms with E-state index < -0.39 is 5.54 Å². The fourth-order valence-corrected chi connectivity index (χ4v) is 3.09. The van der Waals surface area contributed by atoms with Crippen LogP contribution in [-0.2, 0) is 18.4 Å². The molecule has 0 radical (unpaired) electrons. The lowest BCUT2D eigenvalue weighted by Crippen LogP contribution is -2.57. The Morgan fingerprint density at radius 1 is 1.43 bits per heavy atom. The van der Waals surface area contributed by atoms with Crippen molar-refractivity contribution in [2.45, 2.75) is 24.9 Å².